The maximum Gasteiger partial charge on any atom is 0.167 e. The predicted octanol–water partition coefficient (Wildman–Crippen LogP) is 2.34. The van der Waals surface area contributed by atoms with Gasteiger partial charge in [-0.1, -0.05) is 0 Å². The van der Waals surface area contributed by atoms with Crippen molar-refractivity contribution in [3.63, 3.8) is 0 Å². The number of rotatable bonds is 3. The molecule has 0 amide bonds. The summed E-state index contributed by atoms with van der Waals surface area (Å²) in [5.41, 5.74) is 2.20. The zero-order valence-electron chi connectivity index (χ0n) is 10.5. The number of hydrogen-bond donors (Lipinski definition) is 1. The minimum Gasteiger partial charge on any atom is -0.361 e. The van der Waals surface area contributed by atoms with E-state index < -0.39 is 0 Å². The molecular weight excluding hydrogens is 246 g/mol. The highest BCUT2D eigenvalue weighted by atomic mass is 32.1. The Morgan fingerprint density at radius 2 is 2.11 bits per heavy atom. The van der Waals surface area contributed by atoms with Crippen molar-refractivity contribution in [3.8, 4) is 6.07 Å². The standard InChI is InChI=1S/C12H13N5S/c1-7-5-14-11(18-7)6-15-12-10(4-13)8(2)9(3)16-17-12/h5H,6H2,1-3H3,(H,15,17). The Morgan fingerprint density at radius 1 is 1.33 bits per heavy atom. The number of hydrogen-bond acceptors (Lipinski definition) is 6. The van der Waals surface area contributed by atoms with Crippen molar-refractivity contribution in [2.24, 2.45) is 0 Å². The van der Waals surface area contributed by atoms with Crippen LogP contribution in [0.4, 0.5) is 5.82 Å². The zero-order chi connectivity index (χ0) is 13.1. The minimum atomic E-state index is 0.522. The SMILES string of the molecule is Cc1cnc(CNc2nnc(C)c(C)c2C#N)s1. The number of nitrogens with zero attached hydrogens (tertiary/aromatic N) is 4. The first-order valence-corrected chi connectivity index (χ1v) is 6.32. The van der Waals surface area contributed by atoms with E-state index in [1.807, 2.05) is 27.0 Å². The van der Waals surface area contributed by atoms with Crippen molar-refractivity contribution in [2.45, 2.75) is 27.3 Å². The van der Waals surface area contributed by atoms with Crippen LogP contribution in [-0.2, 0) is 6.54 Å². The highest BCUT2D eigenvalue weighted by Gasteiger charge is 2.10. The molecule has 0 spiro atoms. The van der Waals surface area contributed by atoms with Crippen LogP contribution in [-0.4, -0.2) is 15.2 Å². The van der Waals surface area contributed by atoms with Crippen LogP contribution in [0.1, 0.15) is 26.7 Å². The second kappa shape index (κ2) is 5.10. The molecule has 0 atom stereocenters. The van der Waals surface area contributed by atoms with Gasteiger partial charge in [0.25, 0.3) is 0 Å². The molecule has 1 N–H and O–H groups in total. The van der Waals surface area contributed by atoms with Gasteiger partial charge in [0.2, 0.25) is 0 Å². The van der Waals surface area contributed by atoms with Crippen molar-refractivity contribution in [2.75, 3.05) is 5.32 Å². The van der Waals surface area contributed by atoms with Gasteiger partial charge in [-0.2, -0.15) is 10.4 Å². The molecule has 0 bridgehead atoms. The van der Waals surface area contributed by atoms with Gasteiger partial charge in [-0.3, -0.25) is 0 Å². The van der Waals surface area contributed by atoms with E-state index in [1.54, 1.807) is 11.3 Å². The molecule has 0 saturated carbocycles. The Hall–Kier alpha value is -2.00. The summed E-state index contributed by atoms with van der Waals surface area (Å²) in [6.45, 7) is 6.29. The zero-order valence-corrected chi connectivity index (χ0v) is 11.3. The smallest absolute Gasteiger partial charge is 0.167 e. The Kier molecular flexibility index (Phi) is 3.53. The lowest BCUT2D eigenvalue weighted by atomic mass is 10.1. The molecule has 0 aliphatic heterocycles. The molecule has 0 fully saturated rings. The number of nitrogens with one attached hydrogen (secondary N) is 1. The fraction of sp³-hybridized carbons (Fsp3) is 0.333. The van der Waals surface area contributed by atoms with Gasteiger partial charge in [-0.15, -0.1) is 16.4 Å². The molecule has 0 radical (unpaired) electrons. The molecule has 0 aromatic carbocycles. The molecule has 0 aliphatic rings. The van der Waals surface area contributed by atoms with Crippen LogP contribution >= 0.6 is 11.3 Å². The molecule has 2 heterocycles. The van der Waals surface area contributed by atoms with Gasteiger partial charge < -0.3 is 5.32 Å². The number of nitriles is 1. The maximum atomic E-state index is 9.15. The van der Waals surface area contributed by atoms with Gasteiger partial charge in [0, 0.05) is 11.1 Å². The van der Waals surface area contributed by atoms with Crippen LogP contribution < -0.4 is 5.32 Å². The minimum absolute atomic E-state index is 0.522. The molecule has 2 aromatic rings. The monoisotopic (exact) mass is 259 g/mol. The van der Waals surface area contributed by atoms with E-state index in [9.17, 15) is 0 Å². The van der Waals surface area contributed by atoms with Crippen LogP contribution in [0.5, 0.6) is 0 Å². The predicted molar refractivity (Wildman–Crippen MR) is 70.4 cm³/mol. The van der Waals surface area contributed by atoms with Gasteiger partial charge in [-0.25, -0.2) is 4.98 Å². The van der Waals surface area contributed by atoms with Gasteiger partial charge in [0.05, 0.1) is 12.2 Å². The molecule has 18 heavy (non-hydrogen) atoms. The summed E-state index contributed by atoms with van der Waals surface area (Å²) in [6.07, 6.45) is 1.83. The van der Waals surface area contributed by atoms with E-state index >= 15 is 0 Å². The van der Waals surface area contributed by atoms with Crippen molar-refractivity contribution in [1.29, 1.82) is 5.26 Å². The number of aryl methyl sites for hydroxylation is 2. The molecule has 2 rings (SSSR count). The third kappa shape index (κ3) is 2.46. The number of anilines is 1. The van der Waals surface area contributed by atoms with Crippen molar-refractivity contribution >= 4 is 17.2 Å². The van der Waals surface area contributed by atoms with Gasteiger partial charge in [0.1, 0.15) is 16.6 Å². The van der Waals surface area contributed by atoms with Crippen molar-refractivity contribution in [1.82, 2.24) is 15.2 Å². The van der Waals surface area contributed by atoms with Crippen molar-refractivity contribution < 1.29 is 0 Å². The summed E-state index contributed by atoms with van der Waals surface area (Å²) in [7, 11) is 0. The Bertz CT molecular complexity index is 611. The first-order valence-electron chi connectivity index (χ1n) is 5.51. The van der Waals surface area contributed by atoms with E-state index in [0.29, 0.717) is 17.9 Å². The fourth-order valence-electron chi connectivity index (χ4n) is 1.51. The molecule has 92 valence electrons. The highest BCUT2D eigenvalue weighted by molar-refractivity contribution is 7.11. The highest BCUT2D eigenvalue weighted by Crippen LogP contribution is 2.18. The van der Waals surface area contributed by atoms with Crippen LogP contribution in [0.25, 0.3) is 0 Å². The first kappa shape index (κ1) is 12.5. The lowest BCUT2D eigenvalue weighted by Gasteiger charge is -2.08. The average molecular weight is 259 g/mol. The molecule has 2 aromatic heterocycles. The fourth-order valence-corrected chi connectivity index (χ4v) is 2.24. The molecule has 6 heteroatoms. The first-order chi connectivity index (χ1) is 8.61. The van der Waals surface area contributed by atoms with E-state index in [2.05, 4.69) is 26.6 Å². The summed E-state index contributed by atoms with van der Waals surface area (Å²) < 4.78 is 0. The third-order valence-electron chi connectivity index (χ3n) is 2.64. The lowest BCUT2D eigenvalue weighted by Crippen LogP contribution is -2.07. The van der Waals surface area contributed by atoms with Crippen LogP contribution in [0, 0.1) is 32.1 Å². The van der Waals surface area contributed by atoms with Crippen LogP contribution in [0.3, 0.4) is 0 Å². The summed E-state index contributed by atoms with van der Waals surface area (Å²) in [5, 5.41) is 21.3. The number of aromatic nitrogens is 3. The summed E-state index contributed by atoms with van der Waals surface area (Å²) in [5.74, 6) is 0.522. The molecule has 0 aliphatic carbocycles. The second-order valence-corrected chi connectivity index (χ2v) is 5.28. The molecule has 0 unspecified atom stereocenters. The lowest BCUT2D eigenvalue weighted by molar-refractivity contribution is 0.938. The van der Waals surface area contributed by atoms with Crippen LogP contribution in [0.2, 0.25) is 0 Å². The normalized spacial score (nSPS) is 10.1. The Labute approximate surface area is 110 Å². The topological polar surface area (TPSA) is 74.5 Å². The number of thiazole rings is 1. The summed E-state index contributed by atoms with van der Waals surface area (Å²) in [4.78, 5) is 5.42. The van der Waals surface area contributed by atoms with Crippen LogP contribution in [0.15, 0.2) is 6.20 Å². The largest absolute Gasteiger partial charge is 0.361 e. The summed E-state index contributed by atoms with van der Waals surface area (Å²) >= 11 is 1.62. The summed E-state index contributed by atoms with van der Waals surface area (Å²) in [6, 6.07) is 2.16. The Balaban J connectivity index is 2.20. The van der Waals surface area contributed by atoms with Crippen molar-refractivity contribution in [3.05, 3.63) is 32.9 Å². The van der Waals surface area contributed by atoms with Gasteiger partial charge in [-0.05, 0) is 26.3 Å². The van der Waals surface area contributed by atoms with E-state index in [1.165, 1.54) is 4.88 Å². The van der Waals surface area contributed by atoms with E-state index in [0.717, 1.165) is 16.3 Å². The molecular formula is C12H13N5S. The maximum absolute atomic E-state index is 9.15. The Morgan fingerprint density at radius 3 is 2.72 bits per heavy atom. The molecule has 0 saturated heterocycles. The quantitative estimate of drug-likeness (QED) is 0.915. The van der Waals surface area contributed by atoms with E-state index in [-0.39, 0.29) is 0 Å². The van der Waals surface area contributed by atoms with E-state index in [4.69, 9.17) is 5.26 Å². The van der Waals surface area contributed by atoms with Gasteiger partial charge in [0.15, 0.2) is 5.82 Å². The molecule has 5 nitrogen and oxygen atoms in total. The second-order valence-electron chi connectivity index (χ2n) is 3.96. The average Bonchev–Trinajstić information content (AvgIpc) is 2.77. The van der Waals surface area contributed by atoms with Gasteiger partial charge >= 0.3 is 0 Å². The third-order valence-corrected chi connectivity index (χ3v) is 3.56.